The fourth-order valence-corrected chi connectivity index (χ4v) is 1.23. The molecule has 2 aromatic rings. The minimum atomic E-state index is 0. The number of phenolic OH excluding ortho intramolecular Hbond substituents is 1. The smallest absolute Gasteiger partial charge is 0.116 e. The van der Waals surface area contributed by atoms with E-state index in [2.05, 4.69) is 4.98 Å². The third kappa shape index (κ3) is 1.78. The van der Waals surface area contributed by atoms with Gasteiger partial charge in [-0.25, -0.2) is 0 Å². The molecule has 0 saturated heterocycles. The molecule has 0 unspecified atom stereocenters. The van der Waals surface area contributed by atoms with Crippen molar-refractivity contribution in [1.29, 1.82) is 0 Å². The van der Waals surface area contributed by atoms with Crippen LogP contribution in [0.15, 0.2) is 30.5 Å². The number of hydrogen-bond donors (Lipinski definition) is 1. The van der Waals surface area contributed by atoms with Crippen molar-refractivity contribution in [3.63, 3.8) is 0 Å². The molecule has 2 rings (SSSR count). The average molecular weight is 175 g/mol. The lowest BCUT2D eigenvalue weighted by atomic mass is 10.2. The molecule has 2 nitrogen and oxygen atoms in total. The molecule has 0 amide bonds. The van der Waals surface area contributed by atoms with Crippen molar-refractivity contribution in [1.82, 2.24) is 4.98 Å². The number of rotatable bonds is 0. The van der Waals surface area contributed by atoms with Gasteiger partial charge in [0.15, 0.2) is 0 Å². The molecule has 1 N–H and O–H groups in total. The summed E-state index contributed by atoms with van der Waals surface area (Å²) < 4.78 is 0. The van der Waals surface area contributed by atoms with E-state index in [-0.39, 0.29) is 13.2 Å². The Hall–Kier alpha value is -1.57. The predicted octanol–water partition coefficient (Wildman–Crippen LogP) is 2.88. The number of pyridine rings is 1. The Morgan fingerprint density at radius 3 is 2.77 bits per heavy atom. The number of fused-ring (bicyclic) bond motifs is 1. The largest absolute Gasteiger partial charge is 0.508 e. The Morgan fingerprint density at radius 2 is 2.00 bits per heavy atom. The van der Waals surface area contributed by atoms with Crippen LogP contribution in [-0.2, 0) is 0 Å². The summed E-state index contributed by atoms with van der Waals surface area (Å²) in [6.07, 6.45) is 1.82. The SMILES string of the molecule is C.Cc1cnc2ccc(O)cc2c1. The first-order valence-corrected chi connectivity index (χ1v) is 3.81. The average Bonchev–Trinajstić information content (AvgIpc) is 2.03. The lowest BCUT2D eigenvalue weighted by molar-refractivity contribution is 0.476. The fourth-order valence-electron chi connectivity index (χ4n) is 1.23. The van der Waals surface area contributed by atoms with Crippen LogP contribution in [0.3, 0.4) is 0 Å². The van der Waals surface area contributed by atoms with E-state index in [9.17, 15) is 5.11 Å². The molecule has 0 radical (unpaired) electrons. The molecule has 0 spiro atoms. The number of aromatic hydroxyl groups is 1. The van der Waals surface area contributed by atoms with Gasteiger partial charge in [-0.05, 0) is 36.8 Å². The molecule has 2 heteroatoms. The van der Waals surface area contributed by atoms with Crippen molar-refractivity contribution < 1.29 is 5.11 Å². The van der Waals surface area contributed by atoms with E-state index in [1.54, 1.807) is 12.1 Å². The van der Waals surface area contributed by atoms with Crippen LogP contribution in [0.25, 0.3) is 10.9 Å². The zero-order valence-corrected chi connectivity index (χ0v) is 6.78. The van der Waals surface area contributed by atoms with Gasteiger partial charge in [-0.3, -0.25) is 4.98 Å². The van der Waals surface area contributed by atoms with Gasteiger partial charge in [0.25, 0.3) is 0 Å². The third-order valence-corrected chi connectivity index (χ3v) is 1.80. The highest BCUT2D eigenvalue weighted by Crippen LogP contribution is 2.18. The number of phenols is 1. The van der Waals surface area contributed by atoms with Gasteiger partial charge in [0, 0.05) is 11.6 Å². The van der Waals surface area contributed by atoms with E-state index in [1.165, 1.54) is 0 Å². The van der Waals surface area contributed by atoms with Crippen molar-refractivity contribution in [2.45, 2.75) is 14.4 Å². The number of benzene rings is 1. The van der Waals surface area contributed by atoms with Gasteiger partial charge in [0.1, 0.15) is 5.75 Å². The van der Waals surface area contributed by atoms with Crippen molar-refractivity contribution in [3.05, 3.63) is 36.0 Å². The Labute approximate surface area is 77.9 Å². The minimum absolute atomic E-state index is 0. The number of aromatic nitrogens is 1. The standard InChI is InChI=1S/C10H9NO.CH4/c1-7-4-8-5-9(12)2-3-10(8)11-6-7;/h2-6,12H,1H3;1H4. The zero-order valence-electron chi connectivity index (χ0n) is 6.78. The molecular weight excluding hydrogens is 162 g/mol. The van der Waals surface area contributed by atoms with Crippen LogP contribution in [0, 0.1) is 6.92 Å². The second-order valence-corrected chi connectivity index (χ2v) is 2.89. The minimum Gasteiger partial charge on any atom is -0.508 e. The highest BCUT2D eigenvalue weighted by molar-refractivity contribution is 5.80. The highest BCUT2D eigenvalue weighted by Gasteiger charge is 1.95. The first-order valence-electron chi connectivity index (χ1n) is 3.81. The van der Waals surface area contributed by atoms with Crippen molar-refractivity contribution in [2.24, 2.45) is 0 Å². The molecule has 0 saturated carbocycles. The van der Waals surface area contributed by atoms with E-state index in [1.807, 2.05) is 25.3 Å². The predicted molar refractivity (Wildman–Crippen MR) is 54.9 cm³/mol. The van der Waals surface area contributed by atoms with Crippen LogP contribution in [0.1, 0.15) is 13.0 Å². The third-order valence-electron chi connectivity index (χ3n) is 1.80. The quantitative estimate of drug-likeness (QED) is 0.667. The summed E-state index contributed by atoms with van der Waals surface area (Å²) in [7, 11) is 0. The summed E-state index contributed by atoms with van der Waals surface area (Å²) in [5.74, 6) is 0.287. The lowest BCUT2D eigenvalue weighted by Crippen LogP contribution is -1.79. The van der Waals surface area contributed by atoms with E-state index in [0.29, 0.717) is 0 Å². The van der Waals surface area contributed by atoms with Crippen LogP contribution >= 0.6 is 0 Å². The second-order valence-electron chi connectivity index (χ2n) is 2.89. The summed E-state index contributed by atoms with van der Waals surface area (Å²) in [5, 5.41) is 10.2. The van der Waals surface area contributed by atoms with E-state index < -0.39 is 0 Å². The molecule has 1 heterocycles. The summed E-state index contributed by atoms with van der Waals surface area (Å²) >= 11 is 0. The molecule has 1 aromatic heterocycles. The van der Waals surface area contributed by atoms with Crippen molar-refractivity contribution >= 4 is 10.9 Å². The molecule has 0 bridgehead atoms. The Balaban J connectivity index is 0.000000845. The van der Waals surface area contributed by atoms with Gasteiger partial charge >= 0.3 is 0 Å². The monoisotopic (exact) mass is 175 g/mol. The van der Waals surface area contributed by atoms with Crippen LogP contribution < -0.4 is 0 Å². The molecule has 0 fully saturated rings. The normalized spacial score (nSPS) is 9.62. The number of hydrogen-bond acceptors (Lipinski definition) is 2. The van der Waals surface area contributed by atoms with Crippen molar-refractivity contribution in [2.75, 3.05) is 0 Å². The maximum atomic E-state index is 9.19. The fraction of sp³-hybridized carbons (Fsp3) is 0.182. The Kier molecular flexibility index (Phi) is 2.52. The van der Waals surface area contributed by atoms with Gasteiger partial charge < -0.3 is 5.11 Å². The Bertz CT molecular complexity index is 387. The maximum Gasteiger partial charge on any atom is 0.116 e. The van der Waals surface area contributed by atoms with Gasteiger partial charge in [0.05, 0.1) is 5.52 Å². The molecule has 0 aliphatic rings. The lowest BCUT2D eigenvalue weighted by Gasteiger charge is -1.98. The topological polar surface area (TPSA) is 33.1 Å². The summed E-state index contributed by atoms with van der Waals surface area (Å²) in [4.78, 5) is 4.21. The van der Waals surface area contributed by atoms with Crippen LogP contribution in [0.4, 0.5) is 0 Å². The van der Waals surface area contributed by atoms with Gasteiger partial charge in [0.2, 0.25) is 0 Å². The second kappa shape index (κ2) is 3.44. The summed E-state index contributed by atoms with van der Waals surface area (Å²) in [6, 6.07) is 7.17. The maximum absolute atomic E-state index is 9.19. The van der Waals surface area contributed by atoms with Gasteiger partial charge in [-0.15, -0.1) is 0 Å². The molecular formula is C11H13NO. The molecule has 0 atom stereocenters. The van der Waals surface area contributed by atoms with Crippen LogP contribution in [0.5, 0.6) is 5.75 Å². The Morgan fingerprint density at radius 1 is 1.23 bits per heavy atom. The number of nitrogens with zero attached hydrogens (tertiary/aromatic N) is 1. The van der Waals surface area contributed by atoms with Crippen LogP contribution in [-0.4, -0.2) is 10.1 Å². The molecule has 0 aliphatic heterocycles. The summed E-state index contributed by atoms with van der Waals surface area (Å²) in [5.41, 5.74) is 2.02. The van der Waals surface area contributed by atoms with E-state index in [4.69, 9.17) is 0 Å². The molecule has 0 aliphatic carbocycles. The van der Waals surface area contributed by atoms with Crippen LogP contribution in [0.2, 0.25) is 0 Å². The van der Waals surface area contributed by atoms with Gasteiger partial charge in [-0.1, -0.05) is 7.43 Å². The first-order chi connectivity index (χ1) is 5.75. The molecule has 1 aromatic carbocycles. The van der Waals surface area contributed by atoms with E-state index >= 15 is 0 Å². The molecule has 13 heavy (non-hydrogen) atoms. The number of aryl methyl sites for hydroxylation is 1. The van der Waals surface area contributed by atoms with Gasteiger partial charge in [-0.2, -0.15) is 0 Å². The molecule has 68 valence electrons. The highest BCUT2D eigenvalue weighted by atomic mass is 16.3. The summed E-state index contributed by atoms with van der Waals surface area (Å²) in [6.45, 7) is 1.98. The zero-order chi connectivity index (χ0) is 8.55. The van der Waals surface area contributed by atoms with E-state index in [0.717, 1.165) is 16.5 Å². The van der Waals surface area contributed by atoms with Crippen molar-refractivity contribution in [3.8, 4) is 5.75 Å². The first kappa shape index (κ1) is 9.52.